The van der Waals surface area contributed by atoms with Crippen molar-refractivity contribution in [1.29, 1.82) is 0 Å². The standard InChI is InChI=1S/C9H12N4O3/c1-12-6-10-13(9(12)14)4-7-3-8(5-15-2)16-11-7/h3,6H,4-5H2,1-2H3. The lowest BCUT2D eigenvalue weighted by molar-refractivity contribution is 0.155. The van der Waals surface area contributed by atoms with E-state index in [4.69, 9.17) is 9.26 Å². The van der Waals surface area contributed by atoms with Gasteiger partial charge in [0.2, 0.25) is 0 Å². The van der Waals surface area contributed by atoms with Crippen LogP contribution in [0.25, 0.3) is 0 Å². The third-order valence-electron chi connectivity index (χ3n) is 2.09. The Morgan fingerprint density at radius 3 is 3.00 bits per heavy atom. The van der Waals surface area contributed by atoms with E-state index in [1.54, 1.807) is 20.2 Å². The molecule has 7 nitrogen and oxygen atoms in total. The van der Waals surface area contributed by atoms with Gasteiger partial charge in [0, 0.05) is 20.2 Å². The van der Waals surface area contributed by atoms with Gasteiger partial charge in [0.1, 0.15) is 18.6 Å². The molecule has 0 amide bonds. The van der Waals surface area contributed by atoms with E-state index in [-0.39, 0.29) is 5.69 Å². The van der Waals surface area contributed by atoms with Crippen LogP contribution < -0.4 is 5.69 Å². The first kappa shape index (κ1) is 10.6. The fourth-order valence-electron chi connectivity index (χ4n) is 1.32. The van der Waals surface area contributed by atoms with Crippen LogP contribution in [0.1, 0.15) is 11.5 Å². The summed E-state index contributed by atoms with van der Waals surface area (Å²) in [4.78, 5) is 11.5. The molecular formula is C9H12N4O3. The highest BCUT2D eigenvalue weighted by atomic mass is 16.5. The summed E-state index contributed by atoms with van der Waals surface area (Å²) in [5.41, 5.74) is 0.462. The maximum absolute atomic E-state index is 11.5. The quantitative estimate of drug-likeness (QED) is 0.716. The van der Waals surface area contributed by atoms with Gasteiger partial charge in [-0.1, -0.05) is 5.16 Å². The highest BCUT2D eigenvalue weighted by Crippen LogP contribution is 2.05. The number of methoxy groups -OCH3 is 1. The van der Waals surface area contributed by atoms with Crippen molar-refractivity contribution in [3.63, 3.8) is 0 Å². The van der Waals surface area contributed by atoms with Gasteiger partial charge in [0.15, 0.2) is 5.76 Å². The van der Waals surface area contributed by atoms with Crippen molar-refractivity contribution in [2.75, 3.05) is 7.11 Å². The normalized spacial score (nSPS) is 10.9. The van der Waals surface area contributed by atoms with E-state index in [1.165, 1.54) is 15.6 Å². The number of hydrogen-bond acceptors (Lipinski definition) is 5. The Hall–Kier alpha value is -1.89. The Balaban J connectivity index is 2.14. The highest BCUT2D eigenvalue weighted by Gasteiger charge is 2.07. The van der Waals surface area contributed by atoms with Crippen molar-refractivity contribution in [1.82, 2.24) is 19.5 Å². The first-order valence-electron chi connectivity index (χ1n) is 4.72. The molecule has 0 fully saturated rings. The fraction of sp³-hybridized carbons (Fsp3) is 0.444. The van der Waals surface area contributed by atoms with Gasteiger partial charge in [-0.15, -0.1) is 0 Å². The van der Waals surface area contributed by atoms with Crippen LogP contribution in [0.2, 0.25) is 0 Å². The molecule has 0 saturated heterocycles. The average Bonchev–Trinajstić information content (AvgIpc) is 2.82. The molecule has 2 heterocycles. The summed E-state index contributed by atoms with van der Waals surface area (Å²) >= 11 is 0. The van der Waals surface area contributed by atoms with E-state index in [1.807, 2.05) is 0 Å². The van der Waals surface area contributed by atoms with E-state index in [0.29, 0.717) is 24.6 Å². The van der Waals surface area contributed by atoms with Crippen LogP contribution in [0.15, 0.2) is 21.7 Å². The van der Waals surface area contributed by atoms with Gasteiger partial charge in [-0.25, -0.2) is 9.48 Å². The largest absolute Gasteiger partial charge is 0.377 e. The lowest BCUT2D eigenvalue weighted by Gasteiger charge is -1.92. The van der Waals surface area contributed by atoms with E-state index in [2.05, 4.69) is 10.3 Å². The monoisotopic (exact) mass is 224 g/mol. The first-order chi connectivity index (χ1) is 7.70. The molecule has 0 atom stereocenters. The molecule has 16 heavy (non-hydrogen) atoms. The molecule has 0 saturated carbocycles. The third-order valence-corrected chi connectivity index (χ3v) is 2.09. The van der Waals surface area contributed by atoms with Gasteiger partial charge in [-0.2, -0.15) is 5.10 Å². The van der Waals surface area contributed by atoms with Crippen LogP contribution in [-0.2, 0) is 24.9 Å². The van der Waals surface area contributed by atoms with Gasteiger partial charge in [0.25, 0.3) is 0 Å². The molecule has 0 aromatic carbocycles. The lowest BCUT2D eigenvalue weighted by Crippen LogP contribution is -2.23. The van der Waals surface area contributed by atoms with Crippen LogP contribution in [0.3, 0.4) is 0 Å². The first-order valence-corrected chi connectivity index (χ1v) is 4.72. The number of aryl methyl sites for hydroxylation is 1. The van der Waals surface area contributed by atoms with Crippen LogP contribution >= 0.6 is 0 Å². The zero-order chi connectivity index (χ0) is 11.5. The second-order valence-electron chi connectivity index (χ2n) is 3.40. The number of ether oxygens (including phenoxy) is 1. The molecule has 2 aromatic heterocycles. The minimum absolute atomic E-state index is 0.184. The van der Waals surface area contributed by atoms with E-state index in [0.717, 1.165) is 0 Å². The third kappa shape index (κ3) is 2.03. The van der Waals surface area contributed by atoms with Crippen LogP contribution in [0.5, 0.6) is 0 Å². The van der Waals surface area contributed by atoms with Crippen LogP contribution in [0, 0.1) is 0 Å². The van der Waals surface area contributed by atoms with Gasteiger partial charge in [0.05, 0.1) is 6.54 Å². The van der Waals surface area contributed by atoms with Crippen LogP contribution in [-0.4, -0.2) is 26.6 Å². The zero-order valence-electron chi connectivity index (χ0n) is 9.08. The summed E-state index contributed by atoms with van der Waals surface area (Å²) in [5.74, 6) is 0.626. The Morgan fingerprint density at radius 1 is 1.56 bits per heavy atom. The Morgan fingerprint density at radius 2 is 2.38 bits per heavy atom. The molecule has 0 spiro atoms. The van der Waals surface area contributed by atoms with Crippen molar-refractivity contribution in [3.8, 4) is 0 Å². The molecule has 86 valence electrons. The predicted molar refractivity (Wildman–Crippen MR) is 53.8 cm³/mol. The molecule has 0 aliphatic rings. The van der Waals surface area contributed by atoms with E-state index >= 15 is 0 Å². The van der Waals surface area contributed by atoms with Crippen molar-refractivity contribution in [3.05, 3.63) is 34.3 Å². The second kappa shape index (κ2) is 4.31. The van der Waals surface area contributed by atoms with Gasteiger partial charge in [-0.3, -0.25) is 4.57 Å². The van der Waals surface area contributed by atoms with Gasteiger partial charge >= 0.3 is 5.69 Å². The fourth-order valence-corrected chi connectivity index (χ4v) is 1.32. The summed E-state index contributed by atoms with van der Waals surface area (Å²) < 4.78 is 12.6. The number of rotatable bonds is 4. The smallest absolute Gasteiger partial charge is 0.345 e. The summed E-state index contributed by atoms with van der Waals surface area (Å²) in [6, 6.07) is 1.74. The number of nitrogens with zero attached hydrogens (tertiary/aromatic N) is 4. The maximum atomic E-state index is 11.5. The minimum Gasteiger partial charge on any atom is -0.377 e. The van der Waals surface area contributed by atoms with Crippen molar-refractivity contribution >= 4 is 0 Å². The molecule has 0 aliphatic heterocycles. The molecule has 2 rings (SSSR count). The zero-order valence-corrected chi connectivity index (χ0v) is 9.08. The summed E-state index contributed by atoms with van der Waals surface area (Å²) in [6.07, 6.45) is 1.46. The van der Waals surface area contributed by atoms with Crippen LogP contribution in [0.4, 0.5) is 0 Å². The Labute approximate surface area is 91.2 Å². The number of aromatic nitrogens is 4. The molecule has 7 heteroatoms. The van der Waals surface area contributed by atoms with Crippen molar-refractivity contribution < 1.29 is 9.26 Å². The van der Waals surface area contributed by atoms with Crippen molar-refractivity contribution in [2.24, 2.45) is 7.05 Å². The van der Waals surface area contributed by atoms with E-state index in [9.17, 15) is 4.79 Å². The summed E-state index contributed by atoms with van der Waals surface area (Å²) in [7, 11) is 3.22. The molecule has 0 bridgehead atoms. The molecule has 2 aromatic rings. The van der Waals surface area contributed by atoms with E-state index < -0.39 is 0 Å². The Bertz CT molecular complexity index is 525. The molecule has 0 unspecified atom stereocenters. The summed E-state index contributed by atoms with van der Waals surface area (Å²) in [6.45, 7) is 0.664. The lowest BCUT2D eigenvalue weighted by atomic mass is 10.4. The number of hydrogen-bond donors (Lipinski definition) is 0. The van der Waals surface area contributed by atoms with Crippen molar-refractivity contribution in [2.45, 2.75) is 13.2 Å². The predicted octanol–water partition coefficient (Wildman–Crippen LogP) is -0.236. The SMILES string of the molecule is COCc1cc(Cn2ncn(C)c2=O)no1. The topological polar surface area (TPSA) is 75.1 Å². The Kier molecular flexibility index (Phi) is 2.86. The summed E-state index contributed by atoms with van der Waals surface area (Å²) in [5, 5.41) is 7.74. The maximum Gasteiger partial charge on any atom is 0.345 e. The van der Waals surface area contributed by atoms with Gasteiger partial charge in [-0.05, 0) is 0 Å². The highest BCUT2D eigenvalue weighted by molar-refractivity contribution is 5.04. The molecule has 0 aliphatic carbocycles. The second-order valence-corrected chi connectivity index (χ2v) is 3.40. The minimum atomic E-state index is -0.184. The average molecular weight is 224 g/mol. The van der Waals surface area contributed by atoms with Gasteiger partial charge < -0.3 is 9.26 Å². The molecular weight excluding hydrogens is 212 g/mol. The molecule has 0 N–H and O–H groups in total. The molecule has 0 radical (unpaired) electrons.